The average molecular weight is 201 g/mol. The van der Waals surface area contributed by atoms with Gasteiger partial charge in [0, 0.05) is 11.8 Å². The maximum Gasteiger partial charge on any atom is 0.0694 e. The Morgan fingerprint density at radius 1 is 1.31 bits per heavy atom. The van der Waals surface area contributed by atoms with Crippen molar-refractivity contribution in [1.82, 2.24) is 5.32 Å². The van der Waals surface area contributed by atoms with Crippen LogP contribution in [0.3, 0.4) is 0 Å². The van der Waals surface area contributed by atoms with Crippen molar-refractivity contribution < 1.29 is 0 Å². The summed E-state index contributed by atoms with van der Waals surface area (Å²) < 4.78 is 0. The average Bonchev–Trinajstić information content (AvgIpc) is 2.48. The summed E-state index contributed by atoms with van der Waals surface area (Å²) in [5.41, 5.74) is 0. The van der Waals surface area contributed by atoms with Crippen LogP contribution in [0.15, 0.2) is 0 Å². The molecule has 1 unspecified atom stereocenters. The maximum absolute atomic E-state index is 3.82. The van der Waals surface area contributed by atoms with Crippen LogP contribution >= 0.6 is 11.8 Å². The number of hydrogen-bond donors (Lipinski definition) is 1. The highest BCUT2D eigenvalue weighted by molar-refractivity contribution is 8.00. The van der Waals surface area contributed by atoms with E-state index in [1.807, 2.05) is 0 Å². The smallest absolute Gasteiger partial charge is 0.0694 e. The minimum atomic E-state index is 0.334. The number of nitrogens with one attached hydrogen (secondary N) is 1. The molecule has 1 saturated heterocycles. The molecule has 1 aliphatic rings. The van der Waals surface area contributed by atoms with Crippen molar-refractivity contribution in [2.24, 2.45) is 11.8 Å². The van der Waals surface area contributed by atoms with E-state index in [9.17, 15) is 0 Å². The Morgan fingerprint density at radius 3 is 2.08 bits per heavy atom. The third kappa shape index (κ3) is 2.04. The molecule has 1 aliphatic heterocycles. The number of hydrogen-bond acceptors (Lipinski definition) is 2. The van der Waals surface area contributed by atoms with Gasteiger partial charge in [0.1, 0.15) is 0 Å². The lowest BCUT2D eigenvalue weighted by molar-refractivity contribution is 0.267. The quantitative estimate of drug-likeness (QED) is 0.753. The van der Waals surface area contributed by atoms with E-state index in [2.05, 4.69) is 51.7 Å². The van der Waals surface area contributed by atoms with Crippen LogP contribution < -0.4 is 5.32 Å². The number of rotatable bonds is 3. The van der Waals surface area contributed by atoms with Crippen molar-refractivity contribution in [3.8, 4) is 0 Å². The second-order valence-corrected chi connectivity index (χ2v) is 5.96. The Bertz CT molecular complexity index is 157. The van der Waals surface area contributed by atoms with Crippen LogP contribution in [0, 0.1) is 11.8 Å². The highest BCUT2D eigenvalue weighted by Gasteiger charge is 2.43. The van der Waals surface area contributed by atoms with E-state index in [1.165, 1.54) is 12.2 Å². The zero-order valence-corrected chi connectivity index (χ0v) is 10.4. The fraction of sp³-hybridized carbons (Fsp3) is 1.00. The van der Waals surface area contributed by atoms with Gasteiger partial charge in [-0.05, 0) is 18.3 Å². The van der Waals surface area contributed by atoms with Crippen molar-refractivity contribution >= 4 is 11.8 Å². The zero-order chi connectivity index (χ0) is 10.1. The summed E-state index contributed by atoms with van der Waals surface area (Å²) in [7, 11) is 0. The largest absolute Gasteiger partial charge is 0.299 e. The third-order valence-corrected chi connectivity index (χ3v) is 5.27. The predicted molar refractivity (Wildman–Crippen MR) is 62.1 cm³/mol. The zero-order valence-electron chi connectivity index (χ0n) is 9.55. The Balaban J connectivity index is 2.72. The standard InChI is InChI=1S/C11H23NS/c1-6-10-7-13-11(12-10,8(2)3)9(4)5/h8-10,12H,6-7H2,1-5H3. The molecule has 0 spiro atoms. The molecule has 0 radical (unpaired) electrons. The molecule has 0 saturated carbocycles. The monoisotopic (exact) mass is 201 g/mol. The Kier molecular flexibility index (Phi) is 3.70. The summed E-state index contributed by atoms with van der Waals surface area (Å²) >= 11 is 2.13. The summed E-state index contributed by atoms with van der Waals surface area (Å²) in [5.74, 6) is 2.72. The molecule has 1 atom stereocenters. The summed E-state index contributed by atoms with van der Waals surface area (Å²) in [6, 6.07) is 0.731. The molecule has 0 aromatic carbocycles. The molecule has 1 fully saturated rings. The van der Waals surface area contributed by atoms with E-state index in [1.54, 1.807) is 0 Å². The van der Waals surface area contributed by atoms with Crippen LogP contribution in [0.4, 0.5) is 0 Å². The normalized spacial score (nSPS) is 27.5. The van der Waals surface area contributed by atoms with Crippen LogP contribution in [0.5, 0.6) is 0 Å². The van der Waals surface area contributed by atoms with Crippen molar-refractivity contribution in [1.29, 1.82) is 0 Å². The van der Waals surface area contributed by atoms with Gasteiger partial charge in [0.2, 0.25) is 0 Å². The summed E-state index contributed by atoms with van der Waals surface area (Å²) in [4.78, 5) is 0.334. The molecular formula is C11H23NS. The van der Waals surface area contributed by atoms with Gasteiger partial charge in [0.25, 0.3) is 0 Å². The molecule has 1 rings (SSSR count). The predicted octanol–water partition coefficient (Wildman–Crippen LogP) is 3.11. The highest BCUT2D eigenvalue weighted by Crippen LogP contribution is 2.42. The van der Waals surface area contributed by atoms with E-state index < -0.39 is 0 Å². The second kappa shape index (κ2) is 4.22. The lowest BCUT2D eigenvalue weighted by atomic mass is 9.91. The first-order valence-corrected chi connectivity index (χ1v) is 6.43. The summed E-state index contributed by atoms with van der Waals surface area (Å²) in [6.45, 7) is 11.6. The van der Waals surface area contributed by atoms with E-state index in [-0.39, 0.29) is 0 Å². The SMILES string of the molecule is CCC1CSC(C(C)C)(C(C)C)N1. The van der Waals surface area contributed by atoms with Gasteiger partial charge in [0.15, 0.2) is 0 Å². The Labute approximate surface area is 87.1 Å². The highest BCUT2D eigenvalue weighted by atomic mass is 32.2. The molecule has 2 heteroatoms. The van der Waals surface area contributed by atoms with Gasteiger partial charge >= 0.3 is 0 Å². The Morgan fingerprint density at radius 2 is 1.85 bits per heavy atom. The van der Waals surface area contributed by atoms with Crippen molar-refractivity contribution in [2.45, 2.75) is 52.0 Å². The molecule has 1 heterocycles. The van der Waals surface area contributed by atoms with Crippen molar-refractivity contribution in [3.63, 3.8) is 0 Å². The molecule has 13 heavy (non-hydrogen) atoms. The van der Waals surface area contributed by atoms with Crippen molar-refractivity contribution in [2.75, 3.05) is 5.75 Å². The lowest BCUT2D eigenvalue weighted by Gasteiger charge is -2.37. The van der Waals surface area contributed by atoms with Gasteiger partial charge in [0.05, 0.1) is 4.87 Å². The van der Waals surface area contributed by atoms with Gasteiger partial charge in [-0.3, -0.25) is 5.32 Å². The second-order valence-electron chi connectivity index (χ2n) is 4.66. The molecule has 0 aliphatic carbocycles. The van der Waals surface area contributed by atoms with Gasteiger partial charge in [-0.1, -0.05) is 34.6 Å². The van der Waals surface area contributed by atoms with Gasteiger partial charge in [-0.15, -0.1) is 11.8 Å². The molecule has 0 aromatic rings. The van der Waals surface area contributed by atoms with Gasteiger partial charge < -0.3 is 0 Å². The van der Waals surface area contributed by atoms with E-state index in [0.717, 1.165) is 6.04 Å². The number of thioether (sulfide) groups is 1. The van der Waals surface area contributed by atoms with E-state index >= 15 is 0 Å². The minimum Gasteiger partial charge on any atom is -0.299 e. The molecule has 78 valence electrons. The van der Waals surface area contributed by atoms with Crippen LogP contribution in [0.2, 0.25) is 0 Å². The van der Waals surface area contributed by atoms with E-state index in [4.69, 9.17) is 0 Å². The molecule has 0 aromatic heterocycles. The fourth-order valence-corrected chi connectivity index (χ4v) is 3.91. The molecular weight excluding hydrogens is 178 g/mol. The first-order chi connectivity index (χ1) is 6.03. The van der Waals surface area contributed by atoms with Crippen LogP contribution in [0.25, 0.3) is 0 Å². The summed E-state index contributed by atoms with van der Waals surface area (Å²) in [5, 5.41) is 3.82. The van der Waals surface area contributed by atoms with Crippen molar-refractivity contribution in [3.05, 3.63) is 0 Å². The molecule has 1 N–H and O–H groups in total. The minimum absolute atomic E-state index is 0.334. The molecule has 0 amide bonds. The van der Waals surface area contributed by atoms with Gasteiger partial charge in [-0.2, -0.15) is 0 Å². The fourth-order valence-electron chi connectivity index (χ4n) is 2.19. The first kappa shape index (κ1) is 11.4. The Hall–Kier alpha value is 0.310. The van der Waals surface area contributed by atoms with Crippen LogP contribution in [-0.2, 0) is 0 Å². The van der Waals surface area contributed by atoms with Crippen LogP contribution in [-0.4, -0.2) is 16.7 Å². The molecule has 0 bridgehead atoms. The lowest BCUT2D eigenvalue weighted by Crippen LogP contribution is -2.49. The first-order valence-electron chi connectivity index (χ1n) is 5.44. The maximum atomic E-state index is 3.82. The van der Waals surface area contributed by atoms with Crippen LogP contribution in [0.1, 0.15) is 41.0 Å². The third-order valence-electron chi connectivity index (χ3n) is 3.16. The molecule has 1 nitrogen and oxygen atoms in total. The van der Waals surface area contributed by atoms with Gasteiger partial charge in [-0.25, -0.2) is 0 Å². The topological polar surface area (TPSA) is 12.0 Å². The summed E-state index contributed by atoms with van der Waals surface area (Å²) in [6.07, 6.45) is 1.26. The van der Waals surface area contributed by atoms with E-state index in [0.29, 0.717) is 16.7 Å².